The molecule has 1 saturated carbocycles. The van der Waals surface area contributed by atoms with Gasteiger partial charge in [0.2, 0.25) is 0 Å². The van der Waals surface area contributed by atoms with Gasteiger partial charge in [-0.05, 0) is 68.5 Å². The van der Waals surface area contributed by atoms with E-state index in [0.717, 1.165) is 42.2 Å². The molecule has 2 heterocycles. The topological polar surface area (TPSA) is 80.0 Å². The van der Waals surface area contributed by atoms with E-state index in [1.165, 1.54) is 0 Å². The van der Waals surface area contributed by atoms with E-state index in [0.29, 0.717) is 34.9 Å². The van der Waals surface area contributed by atoms with Crippen LogP contribution in [0, 0.1) is 19.8 Å². The number of ether oxygens (including phenoxy) is 1. The molecule has 0 radical (unpaired) electrons. The Bertz CT molecular complexity index is 1320. The number of aryl methyl sites for hydroxylation is 1. The van der Waals surface area contributed by atoms with Gasteiger partial charge < -0.3 is 19.2 Å². The van der Waals surface area contributed by atoms with Gasteiger partial charge in [-0.1, -0.05) is 36.6 Å². The summed E-state index contributed by atoms with van der Waals surface area (Å²) in [6.07, 6.45) is 4.25. The lowest BCUT2D eigenvalue weighted by atomic mass is 9.66. The number of hydrogen-bond donors (Lipinski definition) is 1. The van der Waals surface area contributed by atoms with Crippen LogP contribution in [-0.4, -0.2) is 34.7 Å². The van der Waals surface area contributed by atoms with Crippen molar-refractivity contribution in [3.63, 3.8) is 0 Å². The van der Waals surface area contributed by atoms with Crippen molar-refractivity contribution in [2.24, 2.45) is 5.92 Å². The normalized spacial score (nSPS) is 24.3. The molecule has 1 amide bonds. The molecule has 3 atom stereocenters. The zero-order valence-electron chi connectivity index (χ0n) is 20.1. The van der Waals surface area contributed by atoms with Crippen molar-refractivity contribution < 1.29 is 19.1 Å². The first kappa shape index (κ1) is 23.9. The molecule has 7 heteroatoms. The highest BCUT2D eigenvalue weighted by Crippen LogP contribution is 2.49. The molecule has 0 spiro atoms. The van der Waals surface area contributed by atoms with Crippen LogP contribution in [0.5, 0.6) is 5.75 Å². The Balaban J connectivity index is 1.39. The van der Waals surface area contributed by atoms with Gasteiger partial charge in [-0.2, -0.15) is 0 Å². The fourth-order valence-corrected chi connectivity index (χ4v) is 5.91. The zero-order valence-corrected chi connectivity index (χ0v) is 20.8. The quantitative estimate of drug-likeness (QED) is 0.494. The summed E-state index contributed by atoms with van der Waals surface area (Å²) in [6.45, 7) is 3.95. The molecule has 35 heavy (non-hydrogen) atoms. The van der Waals surface area contributed by atoms with Gasteiger partial charge >= 0.3 is 5.63 Å². The lowest BCUT2D eigenvalue weighted by Gasteiger charge is -2.52. The molecule has 5 rings (SSSR count). The molecule has 0 bridgehead atoms. The third-order valence-corrected chi connectivity index (χ3v) is 8.14. The minimum atomic E-state index is -0.758. The first-order valence-electron chi connectivity index (χ1n) is 12.2. The van der Waals surface area contributed by atoms with Crippen LogP contribution >= 0.6 is 11.6 Å². The van der Waals surface area contributed by atoms with Crippen LogP contribution in [0.1, 0.15) is 54.8 Å². The molecule has 2 aliphatic rings. The van der Waals surface area contributed by atoms with Crippen molar-refractivity contribution in [3.8, 4) is 5.75 Å². The summed E-state index contributed by atoms with van der Waals surface area (Å²) < 4.78 is 11.3. The monoisotopic (exact) mass is 495 g/mol. The molecule has 3 aromatic rings. The Hall–Kier alpha value is -2.83. The summed E-state index contributed by atoms with van der Waals surface area (Å²) in [7, 11) is 0. The summed E-state index contributed by atoms with van der Waals surface area (Å²) in [5.74, 6) is 0.293. The summed E-state index contributed by atoms with van der Waals surface area (Å²) in [5.41, 5.74) is 1.74. The molecule has 1 aliphatic carbocycles. The molecular formula is C28H30ClNO5. The van der Waals surface area contributed by atoms with Crippen molar-refractivity contribution >= 4 is 28.5 Å². The highest BCUT2D eigenvalue weighted by atomic mass is 35.5. The van der Waals surface area contributed by atoms with Crippen molar-refractivity contribution in [1.82, 2.24) is 4.90 Å². The number of fused-ring (bicyclic) bond motifs is 2. The van der Waals surface area contributed by atoms with Gasteiger partial charge in [0.05, 0.1) is 11.6 Å². The van der Waals surface area contributed by atoms with E-state index in [-0.39, 0.29) is 30.1 Å². The summed E-state index contributed by atoms with van der Waals surface area (Å²) in [4.78, 5) is 27.4. The van der Waals surface area contributed by atoms with Gasteiger partial charge in [-0.25, -0.2) is 4.79 Å². The van der Waals surface area contributed by atoms with E-state index in [9.17, 15) is 14.7 Å². The summed E-state index contributed by atoms with van der Waals surface area (Å²) >= 11 is 6.12. The smallest absolute Gasteiger partial charge is 0.339 e. The molecule has 2 aromatic carbocycles. The Kier molecular flexibility index (Phi) is 6.36. The largest absolute Gasteiger partial charge is 0.484 e. The second-order valence-electron chi connectivity index (χ2n) is 9.88. The Morgan fingerprint density at radius 3 is 2.69 bits per heavy atom. The van der Waals surface area contributed by atoms with Gasteiger partial charge in [0.25, 0.3) is 5.91 Å². The van der Waals surface area contributed by atoms with Crippen LogP contribution < -0.4 is 10.4 Å². The SMILES string of the molecule is Cc1c(C)c2ccc(OCC(=O)N3CC[C@@]4(O)CCCC[C@H]4[C@@H]3c3ccc(Cl)cc3)cc2oc1=O. The van der Waals surface area contributed by atoms with E-state index in [2.05, 4.69) is 0 Å². The van der Waals surface area contributed by atoms with Crippen LogP contribution in [0.4, 0.5) is 0 Å². The predicted molar refractivity (Wildman–Crippen MR) is 135 cm³/mol. The van der Waals surface area contributed by atoms with E-state index in [1.807, 2.05) is 42.2 Å². The maximum Gasteiger partial charge on any atom is 0.339 e. The first-order chi connectivity index (χ1) is 16.8. The number of halogens is 1. The predicted octanol–water partition coefficient (Wildman–Crippen LogP) is 5.34. The maximum atomic E-state index is 13.4. The summed E-state index contributed by atoms with van der Waals surface area (Å²) in [6, 6.07) is 12.6. The number of benzene rings is 2. The molecule has 1 aliphatic heterocycles. The molecule has 1 aromatic heterocycles. The van der Waals surface area contributed by atoms with Crippen LogP contribution in [0.25, 0.3) is 11.0 Å². The van der Waals surface area contributed by atoms with E-state index in [4.69, 9.17) is 20.8 Å². The van der Waals surface area contributed by atoms with Crippen LogP contribution in [-0.2, 0) is 4.79 Å². The van der Waals surface area contributed by atoms with E-state index >= 15 is 0 Å². The van der Waals surface area contributed by atoms with Crippen LogP contribution in [0.15, 0.2) is 51.7 Å². The van der Waals surface area contributed by atoms with Gasteiger partial charge in [-0.15, -0.1) is 0 Å². The third kappa shape index (κ3) is 4.45. The van der Waals surface area contributed by atoms with E-state index in [1.54, 1.807) is 19.1 Å². The van der Waals surface area contributed by atoms with Crippen LogP contribution in [0.2, 0.25) is 5.02 Å². The number of piperidine rings is 1. The average Bonchev–Trinajstić information content (AvgIpc) is 2.85. The van der Waals surface area contributed by atoms with Gasteiger partial charge in [-0.3, -0.25) is 4.79 Å². The average molecular weight is 496 g/mol. The van der Waals surface area contributed by atoms with E-state index < -0.39 is 5.60 Å². The number of hydrogen-bond acceptors (Lipinski definition) is 5. The molecular weight excluding hydrogens is 466 g/mol. The maximum absolute atomic E-state index is 13.4. The number of amides is 1. The van der Waals surface area contributed by atoms with Gasteiger partial charge in [0.1, 0.15) is 11.3 Å². The number of likely N-dealkylation sites (tertiary alicyclic amines) is 1. The zero-order chi connectivity index (χ0) is 24.7. The lowest BCUT2D eigenvalue weighted by Crippen LogP contribution is -2.56. The second kappa shape index (κ2) is 9.32. The molecule has 0 unspecified atom stereocenters. The number of carbonyl (C=O) groups excluding carboxylic acids is 1. The first-order valence-corrected chi connectivity index (χ1v) is 12.6. The summed E-state index contributed by atoms with van der Waals surface area (Å²) in [5, 5.41) is 12.9. The Morgan fingerprint density at radius 1 is 1.14 bits per heavy atom. The highest BCUT2D eigenvalue weighted by Gasteiger charge is 2.50. The van der Waals surface area contributed by atoms with Crippen molar-refractivity contribution in [2.45, 2.75) is 57.6 Å². The molecule has 6 nitrogen and oxygen atoms in total. The molecule has 1 N–H and O–H groups in total. The Morgan fingerprint density at radius 2 is 1.91 bits per heavy atom. The van der Waals surface area contributed by atoms with Gasteiger partial charge in [0.15, 0.2) is 6.61 Å². The highest BCUT2D eigenvalue weighted by molar-refractivity contribution is 6.30. The minimum Gasteiger partial charge on any atom is -0.484 e. The van der Waals surface area contributed by atoms with Gasteiger partial charge in [0, 0.05) is 34.5 Å². The number of rotatable bonds is 4. The molecule has 1 saturated heterocycles. The lowest BCUT2D eigenvalue weighted by molar-refractivity contribution is -0.157. The third-order valence-electron chi connectivity index (χ3n) is 7.89. The fraction of sp³-hybridized carbons (Fsp3) is 0.429. The number of nitrogens with zero attached hydrogens (tertiary/aromatic N) is 1. The number of aliphatic hydroxyl groups is 1. The molecule has 2 fully saturated rings. The second-order valence-corrected chi connectivity index (χ2v) is 10.3. The minimum absolute atomic E-state index is 0.0312. The van der Waals surface area contributed by atoms with Crippen LogP contribution in [0.3, 0.4) is 0 Å². The van der Waals surface area contributed by atoms with Crippen molar-refractivity contribution in [1.29, 1.82) is 0 Å². The standard InChI is InChI=1S/C28H30ClNO5/c1-17-18(2)27(32)35-24-15-21(10-11-22(17)24)34-16-25(31)30-14-13-28(33)12-4-3-5-23(28)26(30)19-6-8-20(29)9-7-19/h6-11,15,23,26,33H,3-5,12-14,16H2,1-2H3/t23-,26-,28-/m0/s1. The van der Waals surface area contributed by atoms with Crippen molar-refractivity contribution in [2.75, 3.05) is 13.2 Å². The fourth-order valence-electron chi connectivity index (χ4n) is 5.78. The number of carbonyl (C=O) groups is 1. The Labute approximate surface area is 209 Å². The van der Waals surface area contributed by atoms with Crippen molar-refractivity contribution in [3.05, 3.63) is 74.6 Å². The molecule has 184 valence electrons.